The molecule has 1 aromatic rings. The first kappa shape index (κ1) is 12.4. The van der Waals surface area contributed by atoms with Crippen molar-refractivity contribution in [3.8, 4) is 0 Å². The maximum Gasteiger partial charge on any atom is 0.246 e. The molecule has 0 bridgehead atoms. The van der Waals surface area contributed by atoms with Crippen LogP contribution in [0.3, 0.4) is 0 Å². The number of carbonyl (C=O) groups excluding carboxylic acids is 2. The molecule has 1 heterocycles. The minimum Gasteiger partial charge on any atom is -0.344 e. The highest BCUT2D eigenvalue weighted by molar-refractivity contribution is 9.10. The summed E-state index contributed by atoms with van der Waals surface area (Å²) in [5.41, 5.74) is 1.88. The molecule has 0 spiro atoms. The van der Waals surface area contributed by atoms with E-state index in [-0.39, 0.29) is 17.2 Å². The van der Waals surface area contributed by atoms with Gasteiger partial charge in [0.05, 0.1) is 5.41 Å². The molecule has 2 N–H and O–H groups in total. The van der Waals surface area contributed by atoms with Gasteiger partial charge in [-0.1, -0.05) is 15.9 Å². The summed E-state index contributed by atoms with van der Waals surface area (Å²) in [5, 5.41) is 5.86. The van der Waals surface area contributed by atoms with Gasteiger partial charge in [-0.25, -0.2) is 0 Å². The van der Waals surface area contributed by atoms with Crippen molar-refractivity contribution in [2.75, 3.05) is 5.32 Å². The Hall–Kier alpha value is -1.36. The summed E-state index contributed by atoms with van der Waals surface area (Å²) >= 11 is 3.44. The lowest BCUT2D eigenvalue weighted by molar-refractivity contribution is -0.128. The fourth-order valence-corrected chi connectivity index (χ4v) is 3.46. The molecular weight excluding hydrogens is 320 g/mol. The second kappa shape index (κ2) is 4.07. The number of hydrogen-bond acceptors (Lipinski definition) is 2. The van der Waals surface area contributed by atoms with Gasteiger partial charge in [-0.05, 0) is 55.4 Å². The lowest BCUT2D eigenvalue weighted by Crippen LogP contribution is -2.44. The lowest BCUT2D eigenvalue weighted by Gasteiger charge is -2.16. The molecule has 104 valence electrons. The van der Waals surface area contributed by atoms with Gasteiger partial charge in [-0.2, -0.15) is 0 Å². The standard InChI is InChI=1S/C15H15BrN2O2/c16-10-2-4-11-8(5-10)1-3-12(13(19)17-11)18-14(20)15-6-9(15)7-15/h2,4-5,9,12H,1,3,6-7H2,(H,17,19)(H,18,20). The van der Waals surface area contributed by atoms with Gasteiger partial charge in [-0.3, -0.25) is 9.59 Å². The van der Waals surface area contributed by atoms with Crippen molar-refractivity contribution in [2.24, 2.45) is 11.3 Å². The molecule has 0 radical (unpaired) electrons. The smallest absolute Gasteiger partial charge is 0.246 e. The second-order valence-corrected chi connectivity index (χ2v) is 7.03. The number of anilines is 1. The zero-order valence-electron chi connectivity index (χ0n) is 10.9. The number of halogens is 1. The van der Waals surface area contributed by atoms with Gasteiger partial charge in [0.15, 0.2) is 0 Å². The summed E-state index contributed by atoms with van der Waals surface area (Å²) in [6.07, 6.45) is 3.47. The molecule has 4 nitrogen and oxygen atoms in total. The Morgan fingerprint density at radius 3 is 2.85 bits per heavy atom. The van der Waals surface area contributed by atoms with E-state index in [9.17, 15) is 9.59 Å². The van der Waals surface area contributed by atoms with Gasteiger partial charge in [-0.15, -0.1) is 0 Å². The number of benzene rings is 1. The van der Waals surface area contributed by atoms with E-state index in [2.05, 4.69) is 26.6 Å². The summed E-state index contributed by atoms with van der Waals surface area (Å²) in [7, 11) is 0. The molecule has 2 amide bonds. The van der Waals surface area contributed by atoms with E-state index < -0.39 is 6.04 Å². The Labute approximate surface area is 125 Å². The fraction of sp³-hybridized carbons (Fsp3) is 0.467. The summed E-state index contributed by atoms with van der Waals surface area (Å²) in [5.74, 6) is 0.577. The first-order valence-electron chi connectivity index (χ1n) is 6.99. The summed E-state index contributed by atoms with van der Waals surface area (Å²) < 4.78 is 1.01. The van der Waals surface area contributed by atoms with Crippen LogP contribution in [0.4, 0.5) is 5.69 Å². The van der Waals surface area contributed by atoms with Crippen LogP contribution in [0.1, 0.15) is 24.8 Å². The quantitative estimate of drug-likeness (QED) is 0.871. The average Bonchev–Trinajstić information content (AvgIpc) is 3.24. The van der Waals surface area contributed by atoms with Crippen LogP contribution in [-0.2, 0) is 16.0 Å². The Bertz CT molecular complexity index is 622. The van der Waals surface area contributed by atoms with Crippen LogP contribution in [0.25, 0.3) is 0 Å². The van der Waals surface area contributed by atoms with E-state index in [0.717, 1.165) is 35.0 Å². The zero-order valence-corrected chi connectivity index (χ0v) is 12.5. The number of hydrogen-bond donors (Lipinski definition) is 2. The average molecular weight is 335 g/mol. The lowest BCUT2D eigenvalue weighted by atomic mass is 10.1. The van der Waals surface area contributed by atoms with Crippen LogP contribution >= 0.6 is 15.9 Å². The molecule has 4 rings (SSSR count). The second-order valence-electron chi connectivity index (χ2n) is 6.12. The SMILES string of the molecule is O=C1Nc2ccc(Br)cc2CCC1NC(=O)C12CC1C2. The molecule has 5 heteroatoms. The predicted octanol–water partition coefficient (Wildman–Crippen LogP) is 2.23. The molecule has 0 aromatic heterocycles. The Kier molecular flexibility index (Phi) is 2.52. The number of carbonyl (C=O) groups is 2. The third-order valence-corrected chi connectivity index (χ3v) is 5.28. The summed E-state index contributed by atoms with van der Waals surface area (Å²) in [4.78, 5) is 24.3. The van der Waals surface area contributed by atoms with Gasteiger partial charge in [0.25, 0.3) is 0 Å². The normalized spacial score (nSPS) is 33.4. The van der Waals surface area contributed by atoms with Gasteiger partial charge in [0, 0.05) is 10.2 Å². The van der Waals surface area contributed by atoms with E-state index in [1.807, 2.05) is 18.2 Å². The molecule has 1 aromatic carbocycles. The van der Waals surface area contributed by atoms with Crippen LogP contribution in [0.2, 0.25) is 0 Å². The molecule has 2 saturated carbocycles. The molecule has 1 aliphatic heterocycles. The van der Waals surface area contributed by atoms with Crippen molar-refractivity contribution < 1.29 is 9.59 Å². The maximum absolute atomic E-state index is 12.2. The summed E-state index contributed by atoms with van der Waals surface area (Å²) in [6.45, 7) is 0. The molecule has 1 atom stereocenters. The van der Waals surface area contributed by atoms with E-state index in [1.165, 1.54) is 0 Å². The van der Waals surface area contributed by atoms with Crippen molar-refractivity contribution >= 4 is 33.4 Å². The van der Waals surface area contributed by atoms with E-state index in [0.29, 0.717) is 12.3 Å². The molecule has 2 fully saturated rings. The number of nitrogens with one attached hydrogen (secondary N) is 2. The van der Waals surface area contributed by atoms with Crippen LogP contribution in [0.15, 0.2) is 22.7 Å². The van der Waals surface area contributed by atoms with Gasteiger partial charge < -0.3 is 10.6 Å². The molecule has 1 unspecified atom stereocenters. The van der Waals surface area contributed by atoms with E-state index in [4.69, 9.17) is 0 Å². The van der Waals surface area contributed by atoms with Crippen molar-refractivity contribution in [3.05, 3.63) is 28.2 Å². The van der Waals surface area contributed by atoms with Crippen LogP contribution in [0, 0.1) is 11.3 Å². The number of fused-ring (bicyclic) bond motifs is 2. The van der Waals surface area contributed by atoms with Crippen molar-refractivity contribution in [1.82, 2.24) is 5.32 Å². The highest BCUT2D eigenvalue weighted by Gasteiger charge is 2.74. The monoisotopic (exact) mass is 334 g/mol. The van der Waals surface area contributed by atoms with Crippen LogP contribution in [-0.4, -0.2) is 17.9 Å². The summed E-state index contributed by atoms with van der Waals surface area (Å²) in [6, 6.07) is 5.43. The Balaban J connectivity index is 1.50. The van der Waals surface area contributed by atoms with E-state index >= 15 is 0 Å². The maximum atomic E-state index is 12.2. The van der Waals surface area contributed by atoms with E-state index in [1.54, 1.807) is 0 Å². The van der Waals surface area contributed by atoms with Gasteiger partial charge in [0.1, 0.15) is 6.04 Å². The van der Waals surface area contributed by atoms with Crippen LogP contribution in [0.5, 0.6) is 0 Å². The minimum atomic E-state index is -0.412. The minimum absolute atomic E-state index is 0.0785. The molecular formula is C15H15BrN2O2. The number of aryl methyl sites for hydroxylation is 1. The molecule has 0 saturated heterocycles. The highest BCUT2D eigenvalue weighted by Crippen LogP contribution is 2.75. The van der Waals surface area contributed by atoms with Crippen molar-refractivity contribution in [1.29, 1.82) is 0 Å². The van der Waals surface area contributed by atoms with Crippen LogP contribution < -0.4 is 10.6 Å². The third kappa shape index (κ3) is 1.87. The topological polar surface area (TPSA) is 58.2 Å². The van der Waals surface area contributed by atoms with Crippen molar-refractivity contribution in [3.63, 3.8) is 0 Å². The molecule has 3 aliphatic rings. The van der Waals surface area contributed by atoms with Gasteiger partial charge >= 0.3 is 0 Å². The first-order chi connectivity index (χ1) is 9.58. The third-order valence-electron chi connectivity index (χ3n) is 4.78. The highest BCUT2D eigenvalue weighted by atomic mass is 79.9. The molecule has 2 aliphatic carbocycles. The predicted molar refractivity (Wildman–Crippen MR) is 78.2 cm³/mol. The number of rotatable bonds is 2. The fourth-order valence-electron chi connectivity index (χ4n) is 3.05. The first-order valence-corrected chi connectivity index (χ1v) is 7.78. The largest absolute Gasteiger partial charge is 0.344 e. The van der Waals surface area contributed by atoms with Crippen molar-refractivity contribution in [2.45, 2.75) is 31.7 Å². The molecule has 20 heavy (non-hydrogen) atoms. The zero-order chi connectivity index (χ0) is 13.9. The number of amides is 2. The Morgan fingerprint density at radius 1 is 1.40 bits per heavy atom. The van der Waals surface area contributed by atoms with Gasteiger partial charge in [0.2, 0.25) is 11.8 Å². The Morgan fingerprint density at radius 2 is 2.15 bits per heavy atom.